The maximum atomic E-state index is 9.24. The first-order valence-electron chi connectivity index (χ1n) is 2.66. The van der Waals surface area contributed by atoms with Crippen molar-refractivity contribution in [2.24, 2.45) is 5.73 Å². The van der Waals surface area contributed by atoms with Crippen LogP contribution in [-0.4, -0.2) is 17.6 Å². The van der Waals surface area contributed by atoms with Crippen LogP contribution in [0.1, 0.15) is 0 Å². The van der Waals surface area contributed by atoms with E-state index in [1.165, 1.54) is 0 Å². The smallest absolute Gasteiger partial charge is 0.317 e. The minimum Gasteiger partial charge on any atom is -0.480 e. The first-order valence-corrected chi connectivity index (χ1v) is 2.66. The lowest BCUT2D eigenvalue weighted by molar-refractivity contribution is -0.135. The number of aliphatic carboxylic acids is 1. The SMILES string of the molecule is N.NCC(=O)O.c1ccoc1. The van der Waals surface area contributed by atoms with Gasteiger partial charge in [0.25, 0.3) is 0 Å². The number of carbonyl (C=O) groups is 1. The van der Waals surface area contributed by atoms with E-state index < -0.39 is 5.97 Å². The topological polar surface area (TPSA) is 111 Å². The van der Waals surface area contributed by atoms with Gasteiger partial charge in [0, 0.05) is 0 Å². The number of carboxylic acid groups (broad SMARTS) is 1. The minimum absolute atomic E-state index is 0. The molecule has 0 atom stereocenters. The van der Waals surface area contributed by atoms with Gasteiger partial charge in [-0.05, 0) is 12.1 Å². The zero-order valence-corrected chi connectivity index (χ0v) is 6.06. The van der Waals surface area contributed by atoms with Crippen molar-refractivity contribution in [1.29, 1.82) is 0 Å². The number of rotatable bonds is 1. The Morgan fingerprint density at radius 1 is 1.45 bits per heavy atom. The van der Waals surface area contributed by atoms with E-state index in [1.54, 1.807) is 12.5 Å². The molecule has 0 unspecified atom stereocenters. The van der Waals surface area contributed by atoms with Crippen LogP contribution in [0.25, 0.3) is 0 Å². The molecule has 0 aromatic carbocycles. The van der Waals surface area contributed by atoms with Gasteiger partial charge in [-0.3, -0.25) is 4.79 Å². The fourth-order valence-corrected chi connectivity index (χ4v) is 0.227. The van der Waals surface area contributed by atoms with E-state index in [4.69, 9.17) is 5.11 Å². The van der Waals surface area contributed by atoms with Crippen LogP contribution in [-0.2, 0) is 4.79 Å². The number of nitrogens with two attached hydrogens (primary N) is 1. The molecule has 1 aromatic rings. The lowest BCUT2D eigenvalue weighted by atomic mass is 10.7. The molecule has 1 heterocycles. The van der Waals surface area contributed by atoms with Gasteiger partial charge in [-0.2, -0.15) is 0 Å². The Morgan fingerprint density at radius 2 is 1.82 bits per heavy atom. The summed E-state index contributed by atoms with van der Waals surface area (Å²) < 4.78 is 4.58. The normalized spacial score (nSPS) is 7.00. The quantitative estimate of drug-likeness (QED) is 0.552. The third kappa shape index (κ3) is 12.0. The van der Waals surface area contributed by atoms with E-state index in [2.05, 4.69) is 10.2 Å². The number of carboxylic acids is 1. The predicted octanol–water partition coefficient (Wildman–Crippen LogP) is 0.471. The van der Waals surface area contributed by atoms with Gasteiger partial charge in [0.2, 0.25) is 0 Å². The monoisotopic (exact) mass is 160 g/mol. The first kappa shape index (κ1) is 12.4. The van der Waals surface area contributed by atoms with Gasteiger partial charge in [0.1, 0.15) is 0 Å². The molecule has 5 nitrogen and oxygen atoms in total. The molecule has 0 bridgehead atoms. The summed E-state index contributed by atoms with van der Waals surface area (Å²) in [5, 5.41) is 7.60. The Kier molecular flexibility index (Phi) is 9.74. The summed E-state index contributed by atoms with van der Waals surface area (Å²) in [7, 11) is 0. The second-order valence-corrected chi connectivity index (χ2v) is 1.39. The molecule has 6 N–H and O–H groups in total. The number of furan rings is 1. The van der Waals surface area contributed by atoms with E-state index in [0.717, 1.165) is 0 Å². The summed E-state index contributed by atoms with van der Waals surface area (Å²) in [6.07, 6.45) is 3.25. The molecule has 5 heteroatoms. The molecule has 0 saturated heterocycles. The van der Waals surface area contributed by atoms with Gasteiger partial charge in [0.15, 0.2) is 0 Å². The van der Waals surface area contributed by atoms with Crippen LogP contribution < -0.4 is 11.9 Å². The van der Waals surface area contributed by atoms with Crippen molar-refractivity contribution in [2.75, 3.05) is 6.54 Å². The summed E-state index contributed by atoms with van der Waals surface area (Å²) in [5.74, 6) is -0.968. The molecule has 1 aromatic heterocycles. The molecule has 0 fully saturated rings. The summed E-state index contributed by atoms with van der Waals surface area (Å²) in [5.41, 5.74) is 4.57. The van der Waals surface area contributed by atoms with E-state index in [-0.39, 0.29) is 12.7 Å². The predicted molar refractivity (Wildman–Crippen MR) is 40.4 cm³/mol. The maximum Gasteiger partial charge on any atom is 0.317 e. The third-order valence-electron chi connectivity index (χ3n) is 0.600. The van der Waals surface area contributed by atoms with E-state index in [1.807, 2.05) is 12.1 Å². The second kappa shape index (κ2) is 8.67. The van der Waals surface area contributed by atoms with Crippen molar-refractivity contribution in [2.45, 2.75) is 0 Å². The highest BCUT2D eigenvalue weighted by atomic mass is 16.4. The molecule has 64 valence electrons. The summed E-state index contributed by atoms with van der Waals surface area (Å²) in [6.45, 7) is -0.278. The highest BCUT2D eigenvalue weighted by molar-refractivity contribution is 5.68. The van der Waals surface area contributed by atoms with E-state index in [9.17, 15) is 4.79 Å². The van der Waals surface area contributed by atoms with Crippen molar-refractivity contribution in [1.82, 2.24) is 6.15 Å². The van der Waals surface area contributed by atoms with Crippen LogP contribution in [0, 0.1) is 0 Å². The lowest BCUT2D eigenvalue weighted by Gasteiger charge is -1.73. The Hall–Kier alpha value is -1.33. The third-order valence-corrected chi connectivity index (χ3v) is 0.600. The van der Waals surface area contributed by atoms with Gasteiger partial charge >= 0.3 is 5.97 Å². The zero-order chi connectivity index (χ0) is 7.82. The molecular formula is C6H12N2O3. The maximum absolute atomic E-state index is 9.24. The molecular weight excluding hydrogens is 148 g/mol. The average molecular weight is 160 g/mol. The fraction of sp³-hybridized carbons (Fsp3) is 0.167. The van der Waals surface area contributed by atoms with Crippen molar-refractivity contribution in [3.8, 4) is 0 Å². The molecule has 0 aliphatic rings. The van der Waals surface area contributed by atoms with Crippen molar-refractivity contribution in [3.05, 3.63) is 24.7 Å². The molecule has 0 aliphatic carbocycles. The molecule has 0 spiro atoms. The molecule has 0 aliphatic heterocycles. The lowest BCUT2D eigenvalue weighted by Crippen LogP contribution is -2.10. The Labute approximate surface area is 64.4 Å². The fourth-order valence-electron chi connectivity index (χ4n) is 0.227. The summed E-state index contributed by atoms with van der Waals surface area (Å²) >= 11 is 0. The van der Waals surface area contributed by atoms with Gasteiger partial charge in [0.05, 0.1) is 19.1 Å². The van der Waals surface area contributed by atoms with Crippen LogP contribution in [0.3, 0.4) is 0 Å². The zero-order valence-electron chi connectivity index (χ0n) is 6.06. The first-order chi connectivity index (χ1) is 4.77. The van der Waals surface area contributed by atoms with Crippen LogP contribution in [0.2, 0.25) is 0 Å². The number of hydrogen-bond acceptors (Lipinski definition) is 4. The van der Waals surface area contributed by atoms with E-state index >= 15 is 0 Å². The largest absolute Gasteiger partial charge is 0.480 e. The van der Waals surface area contributed by atoms with Gasteiger partial charge in [-0.1, -0.05) is 0 Å². The van der Waals surface area contributed by atoms with Gasteiger partial charge in [-0.15, -0.1) is 0 Å². The Balaban J connectivity index is 0. The molecule has 1 rings (SSSR count). The van der Waals surface area contributed by atoms with Gasteiger partial charge in [-0.25, -0.2) is 0 Å². The van der Waals surface area contributed by atoms with Crippen molar-refractivity contribution >= 4 is 5.97 Å². The Bertz CT molecular complexity index is 145. The average Bonchev–Trinajstić information content (AvgIpc) is 2.43. The highest BCUT2D eigenvalue weighted by Crippen LogP contribution is 1.79. The molecule has 11 heavy (non-hydrogen) atoms. The molecule has 0 amide bonds. The summed E-state index contributed by atoms with van der Waals surface area (Å²) in [4.78, 5) is 9.24. The van der Waals surface area contributed by atoms with Crippen LogP contribution in [0.5, 0.6) is 0 Å². The standard InChI is InChI=1S/C4H4O.C2H5NO2.H3N/c1-2-4-5-3-1;3-1-2(4)5;/h1-4H;1,3H2,(H,4,5);1H3. The molecule has 0 radical (unpaired) electrons. The number of hydrogen-bond donors (Lipinski definition) is 3. The van der Waals surface area contributed by atoms with Crippen LogP contribution >= 0.6 is 0 Å². The Morgan fingerprint density at radius 3 is 1.91 bits per heavy atom. The van der Waals surface area contributed by atoms with E-state index in [0.29, 0.717) is 0 Å². The van der Waals surface area contributed by atoms with Crippen LogP contribution in [0.15, 0.2) is 29.1 Å². The minimum atomic E-state index is -0.968. The van der Waals surface area contributed by atoms with Crippen LogP contribution in [0.4, 0.5) is 0 Å². The highest BCUT2D eigenvalue weighted by Gasteiger charge is 1.81. The molecule has 0 saturated carbocycles. The van der Waals surface area contributed by atoms with Crippen molar-refractivity contribution in [3.63, 3.8) is 0 Å². The second-order valence-electron chi connectivity index (χ2n) is 1.39. The summed E-state index contributed by atoms with van der Waals surface area (Å²) in [6, 6.07) is 3.67. The van der Waals surface area contributed by atoms with Crippen molar-refractivity contribution < 1.29 is 14.3 Å². The van der Waals surface area contributed by atoms with Gasteiger partial charge < -0.3 is 21.4 Å².